The molecule has 7 N–H and O–H groups in total. The quantitative estimate of drug-likeness (QED) is 0.0679. The van der Waals surface area contributed by atoms with Gasteiger partial charge < -0.3 is 40.9 Å². The van der Waals surface area contributed by atoms with Crippen molar-refractivity contribution in [2.45, 2.75) is 84.1 Å². The maximum absolute atomic E-state index is 13.2. The molecule has 2 aromatic carbocycles. The number of rotatable bonds is 12. The zero-order chi connectivity index (χ0) is 49.3. The van der Waals surface area contributed by atoms with Crippen LogP contribution in [-0.4, -0.2) is 72.3 Å². The molecule has 352 valence electrons. The van der Waals surface area contributed by atoms with Gasteiger partial charge >= 0.3 is 18.2 Å². The van der Waals surface area contributed by atoms with Gasteiger partial charge in [0.05, 0.1) is 11.7 Å². The van der Waals surface area contributed by atoms with Crippen LogP contribution in [0.2, 0.25) is 10.0 Å². The molecule has 2 atom stereocenters. The van der Waals surface area contributed by atoms with Crippen molar-refractivity contribution >= 4 is 52.8 Å². The molecule has 0 aliphatic heterocycles. The maximum atomic E-state index is 13.2. The molecule has 0 saturated carbocycles. The van der Waals surface area contributed by atoms with Gasteiger partial charge in [-0.25, -0.2) is 14.4 Å². The molecule has 18 heteroatoms. The first-order valence-corrected chi connectivity index (χ1v) is 21.5. The molecule has 0 bridgehead atoms. The molecule has 0 aliphatic carbocycles. The van der Waals surface area contributed by atoms with Crippen LogP contribution in [0.4, 0.5) is 15.3 Å². The third-order valence-electron chi connectivity index (χ3n) is 9.03. The van der Waals surface area contributed by atoms with Gasteiger partial charge in [-0.05, 0) is 136 Å². The summed E-state index contributed by atoms with van der Waals surface area (Å²) in [7, 11) is 0. The van der Waals surface area contributed by atoms with E-state index in [1.54, 1.807) is 133 Å². The van der Waals surface area contributed by atoms with E-state index in [1.165, 1.54) is 0 Å². The number of H-pyrrole nitrogens is 2. The number of aromatic nitrogens is 4. The van der Waals surface area contributed by atoms with Crippen LogP contribution in [-0.2, 0) is 38.3 Å². The fraction of sp³-hybridized carbons (Fsp3) is 0.265. The van der Waals surface area contributed by atoms with Gasteiger partial charge in [-0.3, -0.25) is 24.4 Å². The van der Waals surface area contributed by atoms with E-state index in [-0.39, 0.29) is 41.9 Å². The van der Waals surface area contributed by atoms with Crippen molar-refractivity contribution in [3.05, 3.63) is 170 Å². The highest BCUT2D eigenvalue weighted by Crippen LogP contribution is 2.20. The van der Waals surface area contributed by atoms with Crippen LogP contribution in [0.1, 0.15) is 58.2 Å². The van der Waals surface area contributed by atoms with E-state index >= 15 is 0 Å². The molecule has 0 saturated heterocycles. The summed E-state index contributed by atoms with van der Waals surface area (Å²) < 4.78 is 10.4. The van der Waals surface area contributed by atoms with Gasteiger partial charge in [0.2, 0.25) is 0 Å². The highest BCUT2D eigenvalue weighted by Gasteiger charge is 2.27. The number of aromatic amines is 2. The van der Waals surface area contributed by atoms with Gasteiger partial charge in [0.1, 0.15) is 17.2 Å². The number of Topliss-reactive ketones (excluding diaryl/α,β-unsaturated/α-hetero) is 1. The second-order valence-corrected chi connectivity index (χ2v) is 17.8. The molecular weight excluding hydrogens is 901 g/mol. The number of carboxylic acid groups (broad SMARTS) is 1. The van der Waals surface area contributed by atoms with Crippen LogP contribution in [0, 0.1) is 0 Å². The molecule has 4 heterocycles. The van der Waals surface area contributed by atoms with Gasteiger partial charge in [-0.2, -0.15) is 0 Å². The lowest BCUT2D eigenvalue weighted by Crippen LogP contribution is -2.45. The first-order valence-electron chi connectivity index (χ1n) is 20.8. The van der Waals surface area contributed by atoms with Crippen molar-refractivity contribution in [2.75, 3.05) is 5.73 Å². The number of pyridine rings is 4. The summed E-state index contributed by atoms with van der Waals surface area (Å²) in [4.78, 5) is 85.0. The second-order valence-electron chi connectivity index (χ2n) is 16.9. The Kier molecular flexibility index (Phi) is 19.0. The number of carboxylic acids is 1. The number of anilines is 1. The Morgan fingerprint density at radius 3 is 1.51 bits per heavy atom. The number of benzene rings is 2. The second kappa shape index (κ2) is 24.3. The van der Waals surface area contributed by atoms with Gasteiger partial charge in [0, 0.05) is 71.2 Å². The third kappa shape index (κ3) is 18.6. The minimum atomic E-state index is -1.13. The normalized spacial score (nSPS) is 11.8. The number of ketones is 1. The number of hydrogen-bond donors (Lipinski definition) is 6. The lowest BCUT2D eigenvalue weighted by molar-refractivity contribution is -0.139. The maximum Gasteiger partial charge on any atom is 0.408 e. The van der Waals surface area contributed by atoms with Crippen molar-refractivity contribution in [3.63, 3.8) is 0 Å². The van der Waals surface area contributed by atoms with Crippen LogP contribution in [0.5, 0.6) is 0 Å². The number of nitrogen functional groups attached to an aromatic ring is 1. The number of nitrogens with two attached hydrogens (primary N) is 1. The van der Waals surface area contributed by atoms with E-state index in [0.29, 0.717) is 15.6 Å². The molecule has 0 aliphatic rings. The Labute approximate surface area is 397 Å². The Hall–Kier alpha value is -7.30. The van der Waals surface area contributed by atoms with Crippen LogP contribution >= 0.6 is 23.2 Å². The summed E-state index contributed by atoms with van der Waals surface area (Å²) in [5.41, 5.74) is 8.97. The van der Waals surface area contributed by atoms with Crippen molar-refractivity contribution in [2.24, 2.45) is 0 Å². The smallest absolute Gasteiger partial charge is 0.408 e. The number of alkyl carbamates (subject to hydrolysis) is 2. The van der Waals surface area contributed by atoms with E-state index in [9.17, 15) is 28.8 Å². The van der Waals surface area contributed by atoms with Crippen LogP contribution in [0.15, 0.2) is 132 Å². The Balaban J connectivity index is 0.000000243. The minimum absolute atomic E-state index is 0.134. The molecule has 4 aromatic heterocycles. The van der Waals surface area contributed by atoms with E-state index < -0.39 is 41.4 Å². The molecule has 2 amide bonds. The zero-order valence-electron chi connectivity index (χ0n) is 37.8. The summed E-state index contributed by atoms with van der Waals surface area (Å²) in [5.74, 6) is -1.45. The summed E-state index contributed by atoms with van der Waals surface area (Å²) in [6.07, 6.45) is 8.63. The highest BCUT2D eigenvalue weighted by molar-refractivity contribution is 6.30. The number of nitrogens with zero attached hydrogens (tertiary/aromatic N) is 2. The Morgan fingerprint density at radius 2 is 1.07 bits per heavy atom. The number of amides is 2. The standard InChI is InChI=1S/C25H26ClN3O4.C14H18ClNO4.C10H9N3O/c1-25(2,3)33-24(32)29-21(12-16-5-4-6-20(26)11-16)22(30)14-18-13-19(15-28-23(18)31)17-7-9-27-10-8-17;1-14(2,3)20-13(19)16-11(12(17)18)8-9-5-4-6-10(15)7-9;11-9-5-8(6-13-10(9)14)7-1-3-12-4-2-7/h4-11,13,15,21H,12,14H2,1-3H3,(H,28,31)(H,29,32);4-7,11H,8H2,1-3H3,(H,16,19)(H,17,18);1-6H,11H2,(H,13,14)/t21-;11-;/m00./s1. The zero-order valence-corrected chi connectivity index (χ0v) is 39.3. The van der Waals surface area contributed by atoms with E-state index in [0.717, 1.165) is 33.4 Å². The molecule has 0 radical (unpaired) electrons. The lowest BCUT2D eigenvalue weighted by atomic mass is 9.97. The summed E-state index contributed by atoms with van der Waals surface area (Å²) in [6.45, 7) is 10.3. The Morgan fingerprint density at radius 1 is 0.642 bits per heavy atom. The summed E-state index contributed by atoms with van der Waals surface area (Å²) >= 11 is 11.9. The lowest BCUT2D eigenvalue weighted by Gasteiger charge is -2.23. The van der Waals surface area contributed by atoms with E-state index in [4.69, 9.17) is 43.5 Å². The Bertz CT molecular complexity index is 2740. The largest absolute Gasteiger partial charge is 0.480 e. The monoisotopic (exact) mass is 953 g/mol. The number of halogens is 2. The molecule has 67 heavy (non-hydrogen) atoms. The number of ether oxygens (including phenoxy) is 2. The van der Waals surface area contributed by atoms with Gasteiger partial charge in [-0.1, -0.05) is 47.5 Å². The fourth-order valence-electron chi connectivity index (χ4n) is 6.04. The van der Waals surface area contributed by atoms with Crippen LogP contribution in [0.25, 0.3) is 22.3 Å². The molecule has 6 rings (SSSR count). The minimum Gasteiger partial charge on any atom is -0.480 e. The predicted molar refractivity (Wildman–Crippen MR) is 258 cm³/mol. The molecular formula is C49H53Cl2N7O9. The SMILES string of the molecule is CC(C)(C)OC(=O)N[C@@H](Cc1cccc(Cl)c1)C(=O)Cc1cc(-c2ccncc2)c[nH]c1=O.CC(C)(C)OC(=O)N[C@@H](Cc1cccc(Cl)c1)C(=O)O.Nc1cc(-c2ccncc2)c[nH]c1=O. The average Bonchev–Trinajstić information content (AvgIpc) is 3.25. The van der Waals surface area contributed by atoms with Crippen molar-refractivity contribution < 1.29 is 33.8 Å². The van der Waals surface area contributed by atoms with Gasteiger partial charge in [0.15, 0.2) is 5.78 Å². The third-order valence-corrected chi connectivity index (χ3v) is 9.50. The number of aliphatic carboxylic acids is 1. The van der Waals surface area contributed by atoms with Crippen molar-refractivity contribution in [1.82, 2.24) is 30.6 Å². The number of hydrogen-bond acceptors (Lipinski definition) is 11. The first-order chi connectivity index (χ1) is 31.5. The fourth-order valence-corrected chi connectivity index (χ4v) is 6.47. The molecule has 0 fully saturated rings. The van der Waals surface area contributed by atoms with Crippen LogP contribution in [0.3, 0.4) is 0 Å². The highest BCUT2D eigenvalue weighted by atomic mass is 35.5. The van der Waals surface area contributed by atoms with Crippen molar-refractivity contribution in [1.29, 1.82) is 0 Å². The summed E-state index contributed by atoms with van der Waals surface area (Å²) in [6, 6.07) is 22.6. The number of nitrogens with one attached hydrogen (secondary N) is 4. The van der Waals surface area contributed by atoms with Crippen LogP contribution < -0.4 is 27.5 Å². The van der Waals surface area contributed by atoms with E-state index in [1.807, 2.05) is 30.3 Å². The molecule has 0 unspecified atom stereocenters. The van der Waals surface area contributed by atoms with E-state index in [2.05, 4.69) is 30.6 Å². The first kappa shape index (κ1) is 52.3. The molecule has 16 nitrogen and oxygen atoms in total. The average molecular weight is 955 g/mol. The van der Waals surface area contributed by atoms with Gasteiger partial charge in [-0.15, -0.1) is 0 Å². The molecule has 6 aromatic rings. The van der Waals surface area contributed by atoms with Crippen molar-refractivity contribution in [3.8, 4) is 22.3 Å². The topological polar surface area (TPSA) is 249 Å². The van der Waals surface area contributed by atoms with Gasteiger partial charge in [0.25, 0.3) is 11.1 Å². The summed E-state index contributed by atoms with van der Waals surface area (Å²) in [5, 5.41) is 15.2. The number of carbonyl (C=O) groups is 4. The number of carbonyl (C=O) groups excluding carboxylic acids is 3. The predicted octanol–water partition coefficient (Wildman–Crippen LogP) is 8.22. The molecule has 0 spiro atoms.